The molecule has 0 fully saturated rings. The Morgan fingerprint density at radius 1 is 1.20 bits per heavy atom. The van der Waals surface area contributed by atoms with Crippen LogP contribution in [-0.2, 0) is 0 Å². The monoisotopic (exact) mass is 331 g/mol. The molecule has 1 unspecified atom stereocenters. The van der Waals surface area contributed by atoms with E-state index in [2.05, 4.69) is 38.2 Å². The molecule has 0 aliphatic carbocycles. The van der Waals surface area contributed by atoms with Gasteiger partial charge in [-0.2, -0.15) is 4.98 Å². The van der Waals surface area contributed by atoms with E-state index in [1.807, 2.05) is 31.2 Å². The van der Waals surface area contributed by atoms with Gasteiger partial charge in [0.05, 0.1) is 6.04 Å². The summed E-state index contributed by atoms with van der Waals surface area (Å²) in [5.41, 5.74) is 6.81. The minimum absolute atomic E-state index is 0.177. The van der Waals surface area contributed by atoms with Crippen LogP contribution in [0.25, 0.3) is 22.2 Å². The second-order valence-electron chi connectivity index (χ2n) is 4.68. The van der Waals surface area contributed by atoms with Crippen LogP contribution in [0.1, 0.15) is 25.2 Å². The molecule has 2 aromatic carbocycles. The van der Waals surface area contributed by atoms with Crippen molar-refractivity contribution < 1.29 is 4.52 Å². The normalized spacial score (nSPS) is 12.8. The van der Waals surface area contributed by atoms with E-state index in [0.717, 1.165) is 27.2 Å². The number of hydrogen-bond acceptors (Lipinski definition) is 4. The Hall–Kier alpha value is -1.72. The van der Waals surface area contributed by atoms with E-state index < -0.39 is 0 Å². The Morgan fingerprint density at radius 3 is 2.75 bits per heavy atom. The van der Waals surface area contributed by atoms with Gasteiger partial charge in [-0.15, -0.1) is 0 Å². The Morgan fingerprint density at radius 2 is 1.95 bits per heavy atom. The molecule has 3 aromatic rings. The minimum Gasteiger partial charge on any atom is -0.334 e. The molecule has 3 rings (SSSR count). The molecule has 0 saturated carbocycles. The Bertz CT molecular complexity index is 754. The fraction of sp³-hybridized carbons (Fsp3) is 0.200. The number of rotatable bonds is 3. The first-order chi connectivity index (χ1) is 9.67. The highest BCUT2D eigenvalue weighted by atomic mass is 79.9. The SMILES string of the molecule is CCC(N)c1noc(-c2ccc3cc(Br)ccc3c2)n1. The van der Waals surface area contributed by atoms with Crippen LogP contribution in [0, 0.1) is 0 Å². The largest absolute Gasteiger partial charge is 0.334 e. The van der Waals surface area contributed by atoms with E-state index in [-0.39, 0.29) is 6.04 Å². The van der Waals surface area contributed by atoms with Gasteiger partial charge in [-0.05, 0) is 41.5 Å². The molecule has 20 heavy (non-hydrogen) atoms. The van der Waals surface area contributed by atoms with Crippen LogP contribution in [0.2, 0.25) is 0 Å². The Kier molecular flexibility index (Phi) is 3.54. The zero-order valence-electron chi connectivity index (χ0n) is 11.0. The number of halogens is 1. The number of aromatic nitrogens is 2. The lowest BCUT2D eigenvalue weighted by molar-refractivity contribution is 0.415. The predicted molar refractivity (Wildman–Crippen MR) is 82.2 cm³/mol. The van der Waals surface area contributed by atoms with Gasteiger partial charge >= 0.3 is 0 Å². The summed E-state index contributed by atoms with van der Waals surface area (Å²) in [6, 6.07) is 12.0. The molecule has 1 atom stereocenters. The van der Waals surface area contributed by atoms with Crippen LogP contribution in [0.5, 0.6) is 0 Å². The third kappa shape index (κ3) is 2.46. The van der Waals surface area contributed by atoms with Crippen molar-refractivity contribution in [3.63, 3.8) is 0 Å². The standard InChI is InChI=1S/C15H14BrN3O/c1-2-13(17)14-18-15(20-19-14)11-4-3-10-8-12(16)6-5-9(10)7-11/h3-8,13H,2,17H2,1H3. The Labute approximate surface area is 125 Å². The average molecular weight is 332 g/mol. The quantitative estimate of drug-likeness (QED) is 0.785. The maximum atomic E-state index is 5.90. The topological polar surface area (TPSA) is 64.9 Å². The number of fused-ring (bicyclic) bond motifs is 1. The maximum absolute atomic E-state index is 5.90. The van der Waals surface area contributed by atoms with E-state index in [1.165, 1.54) is 0 Å². The number of benzene rings is 2. The molecule has 4 nitrogen and oxygen atoms in total. The summed E-state index contributed by atoms with van der Waals surface area (Å²) in [6.45, 7) is 1.99. The summed E-state index contributed by atoms with van der Waals surface area (Å²) in [6.07, 6.45) is 0.782. The zero-order chi connectivity index (χ0) is 14.1. The highest BCUT2D eigenvalue weighted by Gasteiger charge is 2.13. The molecule has 1 aromatic heterocycles. The summed E-state index contributed by atoms with van der Waals surface area (Å²) < 4.78 is 6.36. The van der Waals surface area contributed by atoms with Crippen molar-refractivity contribution in [3.8, 4) is 11.5 Å². The van der Waals surface area contributed by atoms with Gasteiger partial charge in [0.25, 0.3) is 5.89 Å². The Balaban J connectivity index is 2.01. The molecule has 0 spiro atoms. The first-order valence-corrected chi connectivity index (χ1v) is 7.25. The summed E-state index contributed by atoms with van der Waals surface area (Å²) >= 11 is 3.47. The van der Waals surface area contributed by atoms with Gasteiger partial charge in [0.2, 0.25) is 0 Å². The highest BCUT2D eigenvalue weighted by molar-refractivity contribution is 9.10. The second-order valence-corrected chi connectivity index (χ2v) is 5.59. The van der Waals surface area contributed by atoms with Crippen molar-refractivity contribution in [3.05, 3.63) is 46.7 Å². The van der Waals surface area contributed by atoms with Crippen LogP contribution < -0.4 is 5.73 Å². The van der Waals surface area contributed by atoms with Gasteiger partial charge in [-0.25, -0.2) is 0 Å². The molecule has 0 aliphatic heterocycles. The number of hydrogen-bond donors (Lipinski definition) is 1. The molecular weight excluding hydrogens is 318 g/mol. The van der Waals surface area contributed by atoms with E-state index in [1.54, 1.807) is 0 Å². The fourth-order valence-electron chi connectivity index (χ4n) is 2.03. The van der Waals surface area contributed by atoms with Crippen molar-refractivity contribution >= 4 is 26.7 Å². The number of nitrogens with zero attached hydrogens (tertiary/aromatic N) is 2. The summed E-state index contributed by atoms with van der Waals surface area (Å²) in [5, 5.41) is 6.23. The van der Waals surface area contributed by atoms with Crippen LogP contribution >= 0.6 is 15.9 Å². The van der Waals surface area contributed by atoms with Gasteiger partial charge in [0.1, 0.15) is 0 Å². The first-order valence-electron chi connectivity index (χ1n) is 6.46. The lowest BCUT2D eigenvalue weighted by atomic mass is 10.1. The smallest absolute Gasteiger partial charge is 0.258 e. The first kappa shape index (κ1) is 13.3. The summed E-state index contributed by atoms with van der Waals surface area (Å²) in [4.78, 5) is 4.36. The van der Waals surface area contributed by atoms with E-state index >= 15 is 0 Å². The van der Waals surface area contributed by atoms with E-state index in [0.29, 0.717) is 11.7 Å². The molecule has 0 bridgehead atoms. The zero-order valence-corrected chi connectivity index (χ0v) is 12.6. The number of nitrogens with two attached hydrogens (primary N) is 1. The molecule has 102 valence electrons. The van der Waals surface area contributed by atoms with Crippen molar-refractivity contribution in [1.29, 1.82) is 0 Å². The molecule has 0 radical (unpaired) electrons. The third-order valence-corrected chi connectivity index (χ3v) is 3.76. The lowest BCUT2D eigenvalue weighted by Gasteiger charge is -2.01. The van der Waals surface area contributed by atoms with Crippen molar-refractivity contribution in [2.75, 3.05) is 0 Å². The summed E-state index contributed by atoms with van der Waals surface area (Å²) in [7, 11) is 0. The molecule has 0 aliphatic rings. The van der Waals surface area contributed by atoms with Crippen molar-refractivity contribution in [2.45, 2.75) is 19.4 Å². The lowest BCUT2D eigenvalue weighted by Crippen LogP contribution is -2.10. The third-order valence-electron chi connectivity index (χ3n) is 3.26. The minimum atomic E-state index is -0.177. The van der Waals surface area contributed by atoms with Crippen molar-refractivity contribution in [2.24, 2.45) is 5.73 Å². The molecule has 2 N–H and O–H groups in total. The molecule has 0 saturated heterocycles. The van der Waals surface area contributed by atoms with Gasteiger partial charge in [0, 0.05) is 10.0 Å². The molecular formula is C15H14BrN3O. The molecule has 1 heterocycles. The van der Waals surface area contributed by atoms with Crippen LogP contribution in [-0.4, -0.2) is 10.1 Å². The van der Waals surface area contributed by atoms with Crippen LogP contribution in [0.15, 0.2) is 45.4 Å². The van der Waals surface area contributed by atoms with E-state index in [4.69, 9.17) is 10.3 Å². The predicted octanol–water partition coefficient (Wildman–Crippen LogP) is 4.06. The maximum Gasteiger partial charge on any atom is 0.258 e. The molecule has 5 heteroatoms. The molecule has 0 amide bonds. The van der Waals surface area contributed by atoms with Gasteiger partial charge in [-0.1, -0.05) is 40.1 Å². The highest BCUT2D eigenvalue weighted by Crippen LogP contribution is 2.26. The van der Waals surface area contributed by atoms with Crippen LogP contribution in [0.4, 0.5) is 0 Å². The van der Waals surface area contributed by atoms with Gasteiger partial charge < -0.3 is 10.3 Å². The average Bonchev–Trinajstić information content (AvgIpc) is 2.95. The van der Waals surface area contributed by atoms with Crippen LogP contribution in [0.3, 0.4) is 0 Å². The summed E-state index contributed by atoms with van der Waals surface area (Å²) in [5.74, 6) is 1.06. The van der Waals surface area contributed by atoms with Gasteiger partial charge in [0.15, 0.2) is 5.82 Å². The van der Waals surface area contributed by atoms with E-state index in [9.17, 15) is 0 Å². The fourth-order valence-corrected chi connectivity index (χ4v) is 2.41. The van der Waals surface area contributed by atoms with Crippen molar-refractivity contribution in [1.82, 2.24) is 10.1 Å². The van der Waals surface area contributed by atoms with Gasteiger partial charge in [-0.3, -0.25) is 0 Å². The second kappa shape index (κ2) is 5.34.